The van der Waals surface area contributed by atoms with Gasteiger partial charge in [0.25, 0.3) is 11.8 Å². The summed E-state index contributed by atoms with van der Waals surface area (Å²) in [6.45, 7) is 0. The number of amides is 2. The summed E-state index contributed by atoms with van der Waals surface area (Å²) in [5, 5.41) is 5.39. The number of halogens is 3. The highest BCUT2D eigenvalue weighted by Gasteiger charge is 2.31. The van der Waals surface area contributed by atoms with Gasteiger partial charge in [-0.3, -0.25) is 9.59 Å². The van der Waals surface area contributed by atoms with Crippen molar-refractivity contribution in [3.63, 3.8) is 0 Å². The van der Waals surface area contributed by atoms with Crippen molar-refractivity contribution in [2.24, 2.45) is 15.1 Å². The standard InChI is InChI=1S/C24H15F3N4O2S/c25-24(26,27)18-12-7-13-19(14-18)31(22(33)17-10-5-2-6-11-17)30-20-15-28-23(34-20)29-21(32)16-8-3-1-4-9-16/h1-15H/b29-23?,30-20-. The number of hydrogen-bond acceptors (Lipinski definition) is 4. The predicted molar refractivity (Wildman–Crippen MR) is 126 cm³/mol. The summed E-state index contributed by atoms with van der Waals surface area (Å²) in [7, 11) is 0. The highest BCUT2D eigenvalue weighted by molar-refractivity contribution is 8.28. The van der Waals surface area contributed by atoms with Gasteiger partial charge < -0.3 is 0 Å². The van der Waals surface area contributed by atoms with Crippen LogP contribution in [0, 0.1) is 0 Å². The molecule has 1 heterocycles. The molecule has 0 saturated heterocycles. The first-order valence-electron chi connectivity index (χ1n) is 9.86. The molecule has 3 aromatic carbocycles. The second-order valence-corrected chi connectivity index (χ2v) is 7.88. The molecule has 0 saturated carbocycles. The molecule has 0 N–H and O–H groups in total. The van der Waals surface area contributed by atoms with E-state index in [0.29, 0.717) is 5.56 Å². The number of nitrogens with zero attached hydrogens (tertiary/aromatic N) is 4. The van der Waals surface area contributed by atoms with Crippen molar-refractivity contribution >= 4 is 45.7 Å². The molecule has 0 fully saturated rings. The number of benzene rings is 3. The molecular weight excluding hydrogens is 465 g/mol. The maximum atomic E-state index is 13.3. The van der Waals surface area contributed by atoms with Gasteiger partial charge in [0.2, 0.25) is 0 Å². The van der Waals surface area contributed by atoms with Crippen LogP contribution in [0.4, 0.5) is 18.9 Å². The van der Waals surface area contributed by atoms with Crippen molar-refractivity contribution in [1.82, 2.24) is 0 Å². The molecule has 4 rings (SSSR count). The Morgan fingerprint density at radius 3 is 2.15 bits per heavy atom. The van der Waals surface area contributed by atoms with Crippen LogP contribution in [0.1, 0.15) is 26.3 Å². The first kappa shape index (κ1) is 23.1. The summed E-state index contributed by atoms with van der Waals surface area (Å²) < 4.78 is 39.8. The summed E-state index contributed by atoms with van der Waals surface area (Å²) >= 11 is 0.920. The molecule has 1 aliphatic heterocycles. The number of carbonyl (C=O) groups excluding carboxylic acids is 2. The third kappa shape index (κ3) is 5.46. The van der Waals surface area contributed by atoms with Gasteiger partial charge in [-0.15, -0.1) is 0 Å². The summed E-state index contributed by atoms with van der Waals surface area (Å²) in [4.78, 5) is 33.4. The molecule has 0 bridgehead atoms. The minimum atomic E-state index is -4.59. The van der Waals surface area contributed by atoms with Gasteiger partial charge >= 0.3 is 6.18 Å². The summed E-state index contributed by atoms with van der Waals surface area (Å²) in [5.41, 5.74) is -0.381. The number of alkyl halides is 3. The highest BCUT2D eigenvalue weighted by atomic mass is 32.2. The quantitative estimate of drug-likeness (QED) is 0.451. The fraction of sp³-hybridized carbons (Fsp3) is 0.0417. The minimum Gasteiger partial charge on any atom is -0.267 e. The van der Waals surface area contributed by atoms with Crippen LogP contribution < -0.4 is 5.01 Å². The zero-order valence-corrected chi connectivity index (χ0v) is 18.1. The molecule has 0 spiro atoms. The summed E-state index contributed by atoms with van der Waals surface area (Å²) in [6.07, 6.45) is -3.30. The third-order valence-corrected chi connectivity index (χ3v) is 5.30. The fourth-order valence-corrected chi connectivity index (χ4v) is 3.57. The van der Waals surface area contributed by atoms with Crippen LogP contribution in [0.25, 0.3) is 0 Å². The van der Waals surface area contributed by atoms with Crippen molar-refractivity contribution < 1.29 is 22.8 Å². The number of anilines is 1. The lowest BCUT2D eigenvalue weighted by Gasteiger charge is -2.19. The Hall–Kier alpha value is -4.05. The lowest BCUT2D eigenvalue weighted by atomic mass is 10.1. The van der Waals surface area contributed by atoms with Gasteiger partial charge in [-0.2, -0.15) is 28.3 Å². The lowest BCUT2D eigenvalue weighted by molar-refractivity contribution is -0.137. The number of hydrogen-bond donors (Lipinski definition) is 0. The van der Waals surface area contributed by atoms with Crippen molar-refractivity contribution in [3.8, 4) is 0 Å². The maximum Gasteiger partial charge on any atom is 0.416 e. The molecule has 34 heavy (non-hydrogen) atoms. The van der Waals surface area contributed by atoms with Crippen molar-refractivity contribution in [1.29, 1.82) is 0 Å². The van der Waals surface area contributed by atoms with Gasteiger partial charge in [0.15, 0.2) is 5.17 Å². The van der Waals surface area contributed by atoms with Crippen molar-refractivity contribution in [2.45, 2.75) is 6.18 Å². The fourth-order valence-electron chi connectivity index (χ4n) is 2.92. The Kier molecular flexibility index (Phi) is 6.69. The number of thioether (sulfide) groups is 1. The van der Waals surface area contributed by atoms with E-state index in [1.54, 1.807) is 48.5 Å². The molecule has 0 unspecified atom stereocenters. The summed E-state index contributed by atoms with van der Waals surface area (Å²) in [5.74, 6) is -1.14. The smallest absolute Gasteiger partial charge is 0.267 e. The number of amidine groups is 1. The van der Waals surface area contributed by atoms with E-state index in [4.69, 9.17) is 0 Å². The Morgan fingerprint density at radius 1 is 0.853 bits per heavy atom. The van der Waals surface area contributed by atoms with E-state index in [1.807, 2.05) is 0 Å². The molecule has 0 aromatic heterocycles. The van der Waals surface area contributed by atoms with E-state index in [1.165, 1.54) is 30.5 Å². The van der Waals surface area contributed by atoms with Gasteiger partial charge in [0.05, 0.1) is 17.5 Å². The Balaban J connectivity index is 1.65. The lowest BCUT2D eigenvalue weighted by Crippen LogP contribution is -2.27. The molecule has 3 aromatic rings. The van der Waals surface area contributed by atoms with Gasteiger partial charge in [-0.1, -0.05) is 42.5 Å². The molecule has 10 heteroatoms. The van der Waals surface area contributed by atoms with Crippen LogP contribution in [0.2, 0.25) is 0 Å². The monoisotopic (exact) mass is 480 g/mol. The van der Waals surface area contributed by atoms with Gasteiger partial charge in [0.1, 0.15) is 5.04 Å². The van der Waals surface area contributed by atoms with E-state index >= 15 is 0 Å². The molecule has 0 atom stereocenters. The van der Waals surface area contributed by atoms with Crippen LogP contribution in [-0.4, -0.2) is 28.2 Å². The molecule has 170 valence electrons. The van der Waals surface area contributed by atoms with E-state index in [0.717, 1.165) is 28.9 Å². The summed E-state index contributed by atoms with van der Waals surface area (Å²) in [6, 6.07) is 20.7. The number of carbonyl (C=O) groups is 2. The molecule has 0 aliphatic carbocycles. The van der Waals surface area contributed by atoms with Gasteiger partial charge in [0, 0.05) is 11.1 Å². The third-order valence-electron chi connectivity index (χ3n) is 4.53. The van der Waals surface area contributed by atoms with Gasteiger partial charge in [-0.05, 0) is 54.2 Å². The van der Waals surface area contributed by atoms with Crippen molar-refractivity contribution in [2.75, 3.05) is 5.01 Å². The van der Waals surface area contributed by atoms with Crippen LogP contribution >= 0.6 is 11.8 Å². The molecule has 6 nitrogen and oxygen atoms in total. The maximum absolute atomic E-state index is 13.3. The average Bonchev–Trinajstić information content (AvgIpc) is 3.29. The van der Waals surface area contributed by atoms with Crippen LogP contribution in [0.3, 0.4) is 0 Å². The zero-order chi connectivity index (χ0) is 24.1. The Labute approximate surface area is 196 Å². The Morgan fingerprint density at radius 2 is 1.50 bits per heavy atom. The van der Waals surface area contributed by atoms with Crippen LogP contribution in [0.5, 0.6) is 0 Å². The largest absolute Gasteiger partial charge is 0.416 e. The molecule has 2 amide bonds. The SMILES string of the molecule is O=C(N=C1N=C/C(=N/N(C(=O)c2ccccc2)c2cccc(C(F)(F)F)c2)S1)c1ccccc1. The molecule has 0 radical (unpaired) electrons. The molecular formula is C24H15F3N4O2S. The Bertz CT molecular complexity index is 1310. The van der Waals surface area contributed by atoms with E-state index in [-0.39, 0.29) is 21.5 Å². The second-order valence-electron chi connectivity index (χ2n) is 6.90. The predicted octanol–water partition coefficient (Wildman–Crippen LogP) is 5.68. The van der Waals surface area contributed by atoms with E-state index in [2.05, 4.69) is 15.1 Å². The number of hydrazone groups is 1. The van der Waals surface area contributed by atoms with Crippen LogP contribution in [-0.2, 0) is 6.18 Å². The minimum absolute atomic E-state index is 0.0732. The van der Waals surface area contributed by atoms with Gasteiger partial charge in [-0.25, -0.2) is 4.99 Å². The average molecular weight is 480 g/mol. The first-order valence-corrected chi connectivity index (χ1v) is 10.7. The van der Waals surface area contributed by atoms with E-state index < -0.39 is 23.6 Å². The topological polar surface area (TPSA) is 74.5 Å². The first-order chi connectivity index (χ1) is 16.3. The number of rotatable bonds is 4. The van der Waals surface area contributed by atoms with E-state index in [9.17, 15) is 22.8 Å². The molecule has 1 aliphatic rings. The second kappa shape index (κ2) is 9.84. The highest BCUT2D eigenvalue weighted by Crippen LogP contribution is 2.32. The normalized spacial score (nSPS) is 15.6. The van der Waals surface area contributed by atoms with Crippen LogP contribution in [0.15, 0.2) is 100 Å². The number of aliphatic imine (C=N–C) groups is 2. The van der Waals surface area contributed by atoms with Crippen molar-refractivity contribution in [3.05, 3.63) is 102 Å². The zero-order valence-electron chi connectivity index (χ0n) is 17.3.